The van der Waals surface area contributed by atoms with Crippen molar-refractivity contribution in [2.75, 3.05) is 6.61 Å². The van der Waals surface area contributed by atoms with Gasteiger partial charge in [0.25, 0.3) is 0 Å². The van der Waals surface area contributed by atoms with Crippen molar-refractivity contribution in [1.29, 1.82) is 0 Å². The average Bonchev–Trinajstić information content (AvgIpc) is 2.73. The zero-order chi connectivity index (χ0) is 24.4. The lowest BCUT2D eigenvalue weighted by molar-refractivity contribution is -0.185. The highest BCUT2D eigenvalue weighted by Gasteiger charge is 2.62. The monoisotopic (exact) mass is 449 g/mol. The highest BCUT2D eigenvalue weighted by molar-refractivity contribution is 6.01. The largest absolute Gasteiger partial charge is 0.478 e. The Labute approximate surface area is 189 Å². The Kier molecular flexibility index (Phi) is 7.94. The van der Waals surface area contributed by atoms with Gasteiger partial charge >= 0.3 is 5.97 Å². The quantitative estimate of drug-likeness (QED) is 0.487. The van der Waals surface area contributed by atoms with Gasteiger partial charge in [0.1, 0.15) is 11.6 Å². The first kappa shape index (κ1) is 26.1. The summed E-state index contributed by atoms with van der Waals surface area (Å²) in [7, 11) is 0. The van der Waals surface area contributed by atoms with Crippen molar-refractivity contribution < 1.29 is 29.3 Å². The molecule has 0 aromatic rings. The normalized spacial score (nSPS) is 36.9. The highest BCUT2D eigenvalue weighted by Crippen LogP contribution is 2.58. The van der Waals surface area contributed by atoms with Crippen molar-refractivity contribution in [2.24, 2.45) is 28.3 Å². The van der Waals surface area contributed by atoms with Crippen molar-refractivity contribution >= 4 is 17.5 Å². The highest BCUT2D eigenvalue weighted by atomic mass is 16.5. The second kappa shape index (κ2) is 9.75. The molecule has 6 unspecified atom stereocenters. The molecule has 0 amide bonds. The summed E-state index contributed by atoms with van der Waals surface area (Å²) < 4.78 is 5.62. The Morgan fingerprint density at radius 1 is 1.22 bits per heavy atom. The molecule has 2 N–H and O–H groups in total. The third kappa shape index (κ3) is 4.10. The number of nitrogens with zero attached hydrogens (tertiary/aromatic N) is 1. The fraction of sp³-hybridized carbons (Fsp3) is 0.708. The molecule has 8 nitrogen and oxygen atoms in total. The molecule has 1 heterocycles. The molecule has 2 bridgehead atoms. The van der Waals surface area contributed by atoms with Gasteiger partial charge in [-0.15, -0.1) is 0 Å². The van der Waals surface area contributed by atoms with E-state index in [4.69, 9.17) is 9.84 Å². The Balaban J connectivity index is 0.000000460. The Morgan fingerprint density at radius 3 is 2.28 bits per heavy atom. The lowest BCUT2D eigenvalue weighted by atomic mass is 9.50. The summed E-state index contributed by atoms with van der Waals surface area (Å²) in [5, 5.41) is 22.0. The predicted octanol–water partition coefficient (Wildman–Crippen LogP) is 3.47. The predicted molar refractivity (Wildman–Crippen MR) is 119 cm³/mol. The molecule has 2 saturated carbocycles. The van der Waals surface area contributed by atoms with Gasteiger partial charge in [0, 0.05) is 29.7 Å². The van der Waals surface area contributed by atoms with Gasteiger partial charge in [-0.05, 0) is 43.3 Å². The number of aliphatic hydroxyl groups is 1. The van der Waals surface area contributed by atoms with Crippen LogP contribution >= 0.6 is 0 Å². The molecule has 4 aliphatic rings. The zero-order valence-corrected chi connectivity index (χ0v) is 19.6. The SMILES string of the molecule is C=CC(=O)O.CC.CC1=C2C(O)C(=O)C3CCC4OCC4C3CC(N=O)(CC1=O)C2(C)C. The fourth-order valence-electron chi connectivity index (χ4n) is 5.82. The molecule has 1 saturated heterocycles. The van der Waals surface area contributed by atoms with E-state index in [-0.39, 0.29) is 41.8 Å². The van der Waals surface area contributed by atoms with Crippen LogP contribution in [0.25, 0.3) is 0 Å². The Hall–Kier alpha value is -2.19. The van der Waals surface area contributed by atoms with Crippen LogP contribution in [-0.4, -0.2) is 52.1 Å². The summed E-state index contributed by atoms with van der Waals surface area (Å²) in [6.07, 6.45) is 1.59. The number of ketones is 2. The van der Waals surface area contributed by atoms with E-state index in [1.807, 2.05) is 27.7 Å². The zero-order valence-electron chi connectivity index (χ0n) is 19.6. The second-order valence-electron chi connectivity index (χ2n) is 9.32. The molecule has 0 radical (unpaired) electrons. The van der Waals surface area contributed by atoms with Crippen LogP contribution in [0.3, 0.4) is 0 Å². The van der Waals surface area contributed by atoms with Crippen LogP contribution in [0.5, 0.6) is 0 Å². The number of carbonyl (C=O) groups is 3. The molecule has 1 aliphatic heterocycles. The van der Waals surface area contributed by atoms with Crippen molar-refractivity contribution in [3.8, 4) is 0 Å². The van der Waals surface area contributed by atoms with Crippen molar-refractivity contribution in [3.63, 3.8) is 0 Å². The molecule has 3 aliphatic carbocycles. The van der Waals surface area contributed by atoms with Crippen molar-refractivity contribution in [1.82, 2.24) is 0 Å². The number of allylic oxidation sites excluding steroid dienone is 1. The van der Waals surface area contributed by atoms with Crippen molar-refractivity contribution in [2.45, 2.75) is 78.0 Å². The molecule has 0 spiro atoms. The smallest absolute Gasteiger partial charge is 0.327 e. The van der Waals surface area contributed by atoms with E-state index in [1.165, 1.54) is 0 Å². The molecule has 3 fully saturated rings. The van der Waals surface area contributed by atoms with Crippen LogP contribution in [0, 0.1) is 28.1 Å². The molecule has 178 valence electrons. The number of Topliss-reactive ketones (excluding diaryl/α,β-unsaturated/α-hetero) is 2. The lowest BCUT2D eigenvalue weighted by Crippen LogP contribution is -2.61. The maximum atomic E-state index is 13.1. The summed E-state index contributed by atoms with van der Waals surface area (Å²) >= 11 is 0. The topological polar surface area (TPSA) is 130 Å². The van der Waals surface area contributed by atoms with E-state index in [0.717, 1.165) is 12.5 Å². The number of hydrogen-bond acceptors (Lipinski definition) is 7. The standard InChI is InChI=1S/C19H25NO5.C3H4O2.C2H6/c1-9-13(21)7-19(20-24)6-11-10(4-5-14-12(11)8-25-14)16(22)17(23)15(9)18(19,2)3;1-2-3(4)5;1-2/h10-12,14,17,23H,4-8H2,1-3H3;2H,1H2,(H,4,5);1-2H3. The number of carboxylic acids is 1. The minimum atomic E-state index is -1.33. The molecule has 0 aromatic carbocycles. The summed E-state index contributed by atoms with van der Waals surface area (Å²) in [6, 6.07) is 0. The summed E-state index contributed by atoms with van der Waals surface area (Å²) in [5.74, 6) is -1.49. The minimum Gasteiger partial charge on any atom is -0.478 e. The van der Waals surface area contributed by atoms with Crippen LogP contribution in [0.15, 0.2) is 29.0 Å². The molecule has 32 heavy (non-hydrogen) atoms. The van der Waals surface area contributed by atoms with E-state index < -0.39 is 23.0 Å². The average molecular weight is 450 g/mol. The van der Waals surface area contributed by atoms with E-state index in [2.05, 4.69) is 11.8 Å². The second-order valence-corrected chi connectivity index (χ2v) is 9.32. The first-order chi connectivity index (χ1) is 15.0. The summed E-state index contributed by atoms with van der Waals surface area (Å²) in [4.78, 5) is 47.0. The molecule has 8 heteroatoms. The molecule has 6 atom stereocenters. The van der Waals surface area contributed by atoms with Gasteiger partial charge in [-0.3, -0.25) is 9.59 Å². The molecule has 0 aromatic heterocycles. The summed E-state index contributed by atoms with van der Waals surface area (Å²) in [5.41, 5.74) is -1.12. The Bertz CT molecular complexity index is 830. The number of aliphatic hydroxyl groups excluding tert-OH is 1. The number of hydrogen-bond donors (Lipinski definition) is 2. The van der Waals surface area contributed by atoms with Crippen molar-refractivity contribution in [3.05, 3.63) is 28.7 Å². The van der Waals surface area contributed by atoms with Crippen LogP contribution in [-0.2, 0) is 19.1 Å². The number of rotatable bonds is 2. The number of nitroso groups, excluding NO2 is 1. The van der Waals surface area contributed by atoms with Gasteiger partial charge in [-0.25, -0.2) is 4.79 Å². The summed E-state index contributed by atoms with van der Waals surface area (Å²) in [6.45, 7) is 12.9. The molecular formula is C24H35NO7. The van der Waals surface area contributed by atoms with Gasteiger partial charge < -0.3 is 14.9 Å². The van der Waals surface area contributed by atoms with E-state index >= 15 is 0 Å². The van der Waals surface area contributed by atoms with Crippen LogP contribution < -0.4 is 0 Å². The molecular weight excluding hydrogens is 414 g/mol. The van der Waals surface area contributed by atoms with Gasteiger partial charge in [-0.1, -0.05) is 39.5 Å². The minimum absolute atomic E-state index is 0.0561. The third-order valence-corrected chi connectivity index (χ3v) is 7.75. The third-order valence-electron chi connectivity index (χ3n) is 7.75. The van der Waals surface area contributed by atoms with Gasteiger partial charge in [0.05, 0.1) is 12.7 Å². The van der Waals surface area contributed by atoms with Gasteiger partial charge in [-0.2, -0.15) is 4.91 Å². The first-order valence-electron chi connectivity index (χ1n) is 11.3. The van der Waals surface area contributed by atoms with Gasteiger partial charge in [0.2, 0.25) is 0 Å². The first-order valence-corrected chi connectivity index (χ1v) is 11.3. The number of fused-ring (bicyclic) bond motifs is 5. The number of ether oxygens (including phenoxy) is 1. The van der Waals surface area contributed by atoms with Crippen LogP contribution in [0.2, 0.25) is 0 Å². The van der Waals surface area contributed by atoms with E-state index in [9.17, 15) is 24.4 Å². The van der Waals surface area contributed by atoms with Crippen LogP contribution in [0.1, 0.15) is 60.3 Å². The van der Waals surface area contributed by atoms with Gasteiger partial charge in [0.15, 0.2) is 11.6 Å². The number of carbonyl (C=O) groups excluding carboxylic acids is 2. The number of aliphatic carboxylic acids is 1. The maximum Gasteiger partial charge on any atom is 0.327 e. The molecule has 4 rings (SSSR count). The van der Waals surface area contributed by atoms with Crippen LogP contribution in [0.4, 0.5) is 0 Å². The number of carboxylic acid groups (broad SMARTS) is 1. The van der Waals surface area contributed by atoms with E-state index in [1.54, 1.807) is 6.92 Å². The van der Waals surface area contributed by atoms with E-state index in [0.29, 0.717) is 30.6 Å². The fourth-order valence-corrected chi connectivity index (χ4v) is 5.82. The Morgan fingerprint density at radius 2 is 1.81 bits per heavy atom. The lowest BCUT2D eigenvalue weighted by Gasteiger charge is -2.56. The maximum absolute atomic E-state index is 13.1.